The normalized spacial score (nSPS) is 14.4. The maximum absolute atomic E-state index is 12.1. The van der Waals surface area contributed by atoms with Crippen LogP contribution in [0, 0.1) is 5.92 Å². The van der Waals surface area contributed by atoms with Gasteiger partial charge in [-0.2, -0.15) is 0 Å². The predicted molar refractivity (Wildman–Crippen MR) is 65.7 cm³/mol. The average molecular weight is 256 g/mol. The van der Waals surface area contributed by atoms with Crippen LogP contribution in [0.4, 0.5) is 0 Å². The van der Waals surface area contributed by atoms with Gasteiger partial charge in [-0.3, -0.25) is 9.00 Å². The second-order valence-corrected chi connectivity index (χ2v) is 5.55. The van der Waals surface area contributed by atoms with Crippen molar-refractivity contribution in [2.45, 2.75) is 24.0 Å². The minimum Gasteiger partial charge on any atom is -0.497 e. The summed E-state index contributed by atoms with van der Waals surface area (Å²) in [5.74, 6) is -0.563. The molecule has 4 nitrogen and oxygen atoms in total. The van der Waals surface area contributed by atoms with Gasteiger partial charge in [0.2, 0.25) is 0 Å². The smallest absolute Gasteiger partial charge is 0.319 e. The Morgan fingerprint density at radius 1 is 1.29 bits per heavy atom. The second kappa shape index (κ2) is 5.82. The molecular weight excluding hydrogens is 240 g/mol. The van der Waals surface area contributed by atoms with Crippen LogP contribution >= 0.6 is 0 Å². The van der Waals surface area contributed by atoms with Gasteiger partial charge in [0.05, 0.1) is 17.9 Å². The number of ether oxygens (including phenoxy) is 1. The first-order valence-corrected chi connectivity index (χ1v) is 6.46. The number of carbonyl (C=O) groups is 1. The number of carboxylic acids is 1. The molecule has 17 heavy (non-hydrogen) atoms. The molecule has 0 aromatic heterocycles. The van der Waals surface area contributed by atoms with Crippen molar-refractivity contribution >= 4 is 16.8 Å². The number of rotatable bonds is 5. The largest absolute Gasteiger partial charge is 0.497 e. The van der Waals surface area contributed by atoms with Crippen molar-refractivity contribution in [3.63, 3.8) is 0 Å². The highest BCUT2D eigenvalue weighted by molar-refractivity contribution is 7.86. The Hall–Kier alpha value is -1.36. The standard InChI is InChI=1S/C12H16O4S/c1-8(2)11(12(13)14)17(15)10-6-4-9(16-3)5-7-10/h4-8,11H,1-3H3,(H,13,14). The number of aliphatic carboxylic acids is 1. The molecule has 0 aliphatic carbocycles. The summed E-state index contributed by atoms with van der Waals surface area (Å²) in [4.78, 5) is 11.6. The Morgan fingerprint density at radius 2 is 1.82 bits per heavy atom. The summed E-state index contributed by atoms with van der Waals surface area (Å²) in [5, 5.41) is 8.17. The highest BCUT2D eigenvalue weighted by Crippen LogP contribution is 2.20. The van der Waals surface area contributed by atoms with Crippen LogP contribution in [0.5, 0.6) is 5.75 Å². The Morgan fingerprint density at radius 3 is 2.18 bits per heavy atom. The molecule has 0 saturated carbocycles. The van der Waals surface area contributed by atoms with Crippen molar-refractivity contribution in [1.82, 2.24) is 0 Å². The van der Waals surface area contributed by atoms with Crippen LogP contribution in [-0.4, -0.2) is 27.6 Å². The predicted octanol–water partition coefficient (Wildman–Crippen LogP) is 1.91. The van der Waals surface area contributed by atoms with E-state index in [0.717, 1.165) is 0 Å². The third-order valence-electron chi connectivity index (χ3n) is 2.37. The molecule has 0 heterocycles. The number of hydrogen-bond acceptors (Lipinski definition) is 3. The van der Waals surface area contributed by atoms with Crippen LogP contribution in [0.1, 0.15) is 13.8 Å². The molecule has 1 rings (SSSR count). The summed E-state index contributed by atoms with van der Waals surface area (Å²) in [5.41, 5.74) is 0. The van der Waals surface area contributed by atoms with Crippen molar-refractivity contribution in [2.24, 2.45) is 5.92 Å². The van der Waals surface area contributed by atoms with E-state index < -0.39 is 22.0 Å². The first kappa shape index (κ1) is 13.7. The van der Waals surface area contributed by atoms with Crippen LogP contribution in [0.3, 0.4) is 0 Å². The molecule has 0 fully saturated rings. The summed E-state index contributed by atoms with van der Waals surface area (Å²) in [7, 11) is -0.00496. The van der Waals surface area contributed by atoms with E-state index >= 15 is 0 Å². The fraction of sp³-hybridized carbons (Fsp3) is 0.417. The number of carboxylic acid groups (broad SMARTS) is 1. The molecule has 1 aromatic carbocycles. The summed E-state index contributed by atoms with van der Waals surface area (Å²) in [6.07, 6.45) is 0. The molecule has 0 radical (unpaired) electrons. The lowest BCUT2D eigenvalue weighted by Crippen LogP contribution is -2.30. The van der Waals surface area contributed by atoms with E-state index in [1.807, 2.05) is 0 Å². The fourth-order valence-electron chi connectivity index (χ4n) is 1.48. The Bertz CT molecular complexity index is 411. The van der Waals surface area contributed by atoms with Gasteiger partial charge in [-0.15, -0.1) is 0 Å². The van der Waals surface area contributed by atoms with Gasteiger partial charge in [0.15, 0.2) is 0 Å². The van der Waals surface area contributed by atoms with Crippen molar-refractivity contribution in [2.75, 3.05) is 7.11 Å². The van der Waals surface area contributed by atoms with E-state index in [2.05, 4.69) is 0 Å². The lowest BCUT2D eigenvalue weighted by molar-refractivity contribution is -0.137. The van der Waals surface area contributed by atoms with E-state index in [9.17, 15) is 9.00 Å². The summed E-state index contributed by atoms with van der Waals surface area (Å²) in [6.45, 7) is 3.50. The number of hydrogen-bond donors (Lipinski definition) is 1. The van der Waals surface area contributed by atoms with Gasteiger partial charge < -0.3 is 9.84 Å². The Balaban J connectivity index is 2.97. The van der Waals surface area contributed by atoms with Crippen LogP contribution in [-0.2, 0) is 15.6 Å². The zero-order valence-electron chi connectivity index (χ0n) is 10.0. The quantitative estimate of drug-likeness (QED) is 0.874. The second-order valence-electron chi connectivity index (χ2n) is 3.98. The SMILES string of the molecule is COc1ccc(S(=O)C(C(=O)O)C(C)C)cc1. The van der Waals surface area contributed by atoms with Gasteiger partial charge in [-0.25, -0.2) is 0 Å². The summed E-state index contributed by atoms with van der Waals surface area (Å²) < 4.78 is 17.1. The lowest BCUT2D eigenvalue weighted by atomic mass is 10.1. The molecule has 5 heteroatoms. The zero-order valence-corrected chi connectivity index (χ0v) is 10.9. The molecule has 0 aliphatic heterocycles. The third-order valence-corrected chi connectivity index (χ3v) is 4.32. The van der Waals surface area contributed by atoms with Crippen molar-refractivity contribution in [1.29, 1.82) is 0 Å². The molecule has 0 amide bonds. The van der Waals surface area contributed by atoms with Crippen LogP contribution in [0.2, 0.25) is 0 Å². The summed E-state index contributed by atoms with van der Waals surface area (Å²) >= 11 is 0. The fourth-order valence-corrected chi connectivity index (χ4v) is 2.86. The van der Waals surface area contributed by atoms with E-state index in [4.69, 9.17) is 9.84 Å². The van der Waals surface area contributed by atoms with Crippen molar-refractivity contribution < 1.29 is 18.8 Å². The lowest BCUT2D eigenvalue weighted by Gasteiger charge is -2.15. The number of methoxy groups -OCH3 is 1. The van der Waals surface area contributed by atoms with Gasteiger partial charge >= 0.3 is 5.97 Å². The van der Waals surface area contributed by atoms with Gasteiger partial charge in [0, 0.05) is 4.90 Å². The van der Waals surface area contributed by atoms with Gasteiger partial charge in [0.1, 0.15) is 11.0 Å². The molecule has 94 valence electrons. The van der Waals surface area contributed by atoms with Crippen LogP contribution in [0.25, 0.3) is 0 Å². The van der Waals surface area contributed by atoms with E-state index in [1.165, 1.54) is 0 Å². The molecule has 0 bridgehead atoms. The Kier molecular flexibility index (Phi) is 4.69. The summed E-state index contributed by atoms with van der Waals surface area (Å²) in [6, 6.07) is 6.61. The highest BCUT2D eigenvalue weighted by Gasteiger charge is 2.29. The van der Waals surface area contributed by atoms with Gasteiger partial charge in [-0.1, -0.05) is 13.8 Å². The minimum absolute atomic E-state index is 0.185. The molecule has 1 aromatic rings. The third kappa shape index (κ3) is 3.30. The average Bonchev–Trinajstić information content (AvgIpc) is 2.28. The molecule has 2 atom stereocenters. The molecule has 0 saturated heterocycles. The number of benzene rings is 1. The minimum atomic E-state index is -1.55. The maximum atomic E-state index is 12.1. The highest BCUT2D eigenvalue weighted by atomic mass is 32.2. The van der Waals surface area contributed by atoms with E-state index in [1.54, 1.807) is 45.2 Å². The monoisotopic (exact) mass is 256 g/mol. The first-order valence-electron chi connectivity index (χ1n) is 5.24. The van der Waals surface area contributed by atoms with Gasteiger partial charge in [0.25, 0.3) is 0 Å². The van der Waals surface area contributed by atoms with Crippen LogP contribution in [0.15, 0.2) is 29.2 Å². The maximum Gasteiger partial charge on any atom is 0.319 e. The van der Waals surface area contributed by atoms with E-state index in [0.29, 0.717) is 10.6 Å². The molecular formula is C12H16O4S. The molecule has 1 N–H and O–H groups in total. The topological polar surface area (TPSA) is 63.6 Å². The molecule has 2 unspecified atom stereocenters. The van der Waals surface area contributed by atoms with Gasteiger partial charge in [-0.05, 0) is 30.2 Å². The van der Waals surface area contributed by atoms with E-state index in [-0.39, 0.29) is 5.92 Å². The Labute approximate surface area is 103 Å². The van der Waals surface area contributed by atoms with Crippen LogP contribution < -0.4 is 4.74 Å². The first-order chi connectivity index (χ1) is 7.97. The molecule has 0 spiro atoms. The zero-order chi connectivity index (χ0) is 13.0. The van der Waals surface area contributed by atoms with Crippen molar-refractivity contribution in [3.8, 4) is 5.75 Å². The molecule has 0 aliphatic rings. The van der Waals surface area contributed by atoms with Crippen molar-refractivity contribution in [3.05, 3.63) is 24.3 Å².